The minimum absolute atomic E-state index is 0.0494. The number of aromatic nitrogens is 2. The number of fused-ring (bicyclic) bond motifs is 1. The van der Waals surface area contributed by atoms with E-state index < -0.39 is 23.2 Å². The molecule has 0 saturated carbocycles. The number of hydrogen-bond acceptors (Lipinski definition) is 6. The largest absolute Gasteiger partial charge is 0.444 e. The molecular weight excluding hydrogens is 370 g/mol. The number of amides is 2. The van der Waals surface area contributed by atoms with Gasteiger partial charge >= 0.3 is 6.09 Å². The van der Waals surface area contributed by atoms with Crippen molar-refractivity contribution in [2.75, 3.05) is 18.0 Å². The summed E-state index contributed by atoms with van der Waals surface area (Å²) in [7, 11) is 0. The zero-order valence-corrected chi connectivity index (χ0v) is 18.3. The molecule has 1 N–H and O–H groups in total. The molecule has 2 fully saturated rings. The van der Waals surface area contributed by atoms with Crippen molar-refractivity contribution in [1.29, 1.82) is 0 Å². The monoisotopic (exact) mass is 403 g/mol. The van der Waals surface area contributed by atoms with Gasteiger partial charge in [0.2, 0.25) is 11.9 Å². The summed E-state index contributed by atoms with van der Waals surface area (Å²) >= 11 is 0. The highest BCUT2D eigenvalue weighted by atomic mass is 16.6. The van der Waals surface area contributed by atoms with E-state index in [4.69, 9.17) is 4.74 Å². The lowest BCUT2D eigenvalue weighted by molar-refractivity contribution is -0.137. The van der Waals surface area contributed by atoms with E-state index in [0.717, 1.165) is 19.4 Å². The fourth-order valence-corrected chi connectivity index (χ4v) is 4.19. The summed E-state index contributed by atoms with van der Waals surface area (Å²) < 4.78 is 5.39. The van der Waals surface area contributed by atoms with E-state index in [-0.39, 0.29) is 18.0 Å². The van der Waals surface area contributed by atoms with E-state index in [9.17, 15) is 9.59 Å². The number of anilines is 1. The number of hydrogen-bond donors (Lipinski definition) is 1. The molecule has 3 heterocycles. The predicted molar refractivity (Wildman–Crippen MR) is 111 cm³/mol. The van der Waals surface area contributed by atoms with Gasteiger partial charge in [-0.05, 0) is 45.1 Å². The Hall–Kier alpha value is -2.38. The summed E-state index contributed by atoms with van der Waals surface area (Å²) in [5, 5.41) is 2.82. The summed E-state index contributed by atoms with van der Waals surface area (Å²) in [6.07, 6.45) is 4.67. The fourth-order valence-electron chi connectivity index (χ4n) is 4.19. The Kier molecular flexibility index (Phi) is 5.74. The number of alkyl carbamates (subject to hydrolysis) is 1. The first-order chi connectivity index (χ1) is 13.5. The van der Waals surface area contributed by atoms with E-state index >= 15 is 0 Å². The van der Waals surface area contributed by atoms with Crippen LogP contribution in [0.3, 0.4) is 0 Å². The second kappa shape index (κ2) is 7.80. The summed E-state index contributed by atoms with van der Waals surface area (Å²) in [6, 6.07) is 1.47. The number of nitrogens with one attached hydrogen (secondary N) is 1. The highest BCUT2D eigenvalue weighted by molar-refractivity contribution is 5.87. The Labute approximate surface area is 173 Å². The lowest BCUT2D eigenvalue weighted by Gasteiger charge is -2.36. The van der Waals surface area contributed by atoms with Crippen LogP contribution < -0.4 is 10.2 Å². The van der Waals surface area contributed by atoms with E-state index in [1.54, 1.807) is 18.5 Å². The van der Waals surface area contributed by atoms with Gasteiger partial charge in [-0.25, -0.2) is 14.8 Å². The van der Waals surface area contributed by atoms with Crippen LogP contribution >= 0.6 is 0 Å². The van der Waals surface area contributed by atoms with Crippen LogP contribution in [-0.2, 0) is 9.53 Å². The maximum Gasteiger partial charge on any atom is 0.408 e. The van der Waals surface area contributed by atoms with Crippen molar-refractivity contribution in [3.8, 4) is 0 Å². The van der Waals surface area contributed by atoms with Crippen LogP contribution in [0.25, 0.3) is 0 Å². The van der Waals surface area contributed by atoms with Crippen LogP contribution in [0.1, 0.15) is 54.4 Å². The SMILES string of the molecule is CC(C)(C)OC(=O)NC(C(=O)N1CCC2C1CCN2c1ncccn1)C(C)(C)C. The Bertz CT molecular complexity index is 741. The van der Waals surface area contributed by atoms with Crippen LogP contribution in [0.4, 0.5) is 10.7 Å². The molecule has 0 aromatic carbocycles. The molecule has 2 aliphatic heterocycles. The number of likely N-dealkylation sites (tertiary alicyclic amines) is 1. The second-order valence-corrected chi connectivity index (χ2v) is 9.93. The van der Waals surface area contributed by atoms with Crippen molar-refractivity contribution in [3.05, 3.63) is 18.5 Å². The van der Waals surface area contributed by atoms with E-state index in [0.29, 0.717) is 12.5 Å². The molecule has 0 spiro atoms. The first kappa shape index (κ1) is 21.3. The van der Waals surface area contributed by atoms with Gasteiger partial charge in [0.05, 0.1) is 12.1 Å². The maximum absolute atomic E-state index is 13.5. The van der Waals surface area contributed by atoms with Gasteiger partial charge in [-0.1, -0.05) is 20.8 Å². The lowest BCUT2D eigenvalue weighted by Crippen LogP contribution is -2.56. The maximum atomic E-state index is 13.5. The molecule has 8 heteroatoms. The van der Waals surface area contributed by atoms with Crippen molar-refractivity contribution in [1.82, 2.24) is 20.2 Å². The first-order valence-corrected chi connectivity index (χ1v) is 10.3. The van der Waals surface area contributed by atoms with Crippen molar-refractivity contribution in [2.45, 2.75) is 78.1 Å². The normalized spacial score (nSPS) is 23.0. The van der Waals surface area contributed by atoms with E-state index in [2.05, 4.69) is 20.2 Å². The van der Waals surface area contributed by atoms with Crippen molar-refractivity contribution in [3.63, 3.8) is 0 Å². The number of carbonyl (C=O) groups is 2. The molecular formula is C21H33N5O3. The molecule has 29 heavy (non-hydrogen) atoms. The Morgan fingerprint density at radius 2 is 1.69 bits per heavy atom. The molecule has 3 atom stereocenters. The van der Waals surface area contributed by atoms with Gasteiger partial charge < -0.3 is 19.9 Å². The smallest absolute Gasteiger partial charge is 0.408 e. The molecule has 8 nitrogen and oxygen atoms in total. The minimum atomic E-state index is -0.655. The third-order valence-electron chi connectivity index (χ3n) is 5.44. The van der Waals surface area contributed by atoms with Crippen LogP contribution in [0.2, 0.25) is 0 Å². The predicted octanol–water partition coefficient (Wildman–Crippen LogP) is 2.60. The van der Waals surface area contributed by atoms with Crippen LogP contribution in [-0.4, -0.2) is 63.7 Å². The minimum Gasteiger partial charge on any atom is -0.444 e. The van der Waals surface area contributed by atoms with Gasteiger partial charge in [-0.2, -0.15) is 0 Å². The Morgan fingerprint density at radius 1 is 1.07 bits per heavy atom. The second-order valence-electron chi connectivity index (χ2n) is 9.93. The van der Waals surface area contributed by atoms with Crippen LogP contribution in [0.5, 0.6) is 0 Å². The topological polar surface area (TPSA) is 87.7 Å². The summed E-state index contributed by atoms with van der Waals surface area (Å²) in [6.45, 7) is 12.8. The molecule has 0 radical (unpaired) electrons. The average molecular weight is 404 g/mol. The fraction of sp³-hybridized carbons (Fsp3) is 0.714. The zero-order valence-electron chi connectivity index (χ0n) is 18.3. The Balaban J connectivity index is 1.73. The molecule has 2 amide bonds. The van der Waals surface area contributed by atoms with Crippen molar-refractivity contribution >= 4 is 17.9 Å². The lowest BCUT2D eigenvalue weighted by atomic mass is 9.85. The van der Waals surface area contributed by atoms with E-state index in [1.807, 2.05) is 46.4 Å². The molecule has 0 aliphatic carbocycles. The molecule has 0 bridgehead atoms. The quantitative estimate of drug-likeness (QED) is 0.835. The van der Waals surface area contributed by atoms with Crippen LogP contribution in [0, 0.1) is 5.41 Å². The standard InChI is InChI=1S/C21H33N5O3/c1-20(2,3)16(24-19(28)29-21(4,5)6)17(27)25-12-8-15-14(25)9-13-26(15)18-22-10-7-11-23-18/h7,10-11,14-16H,8-9,12-13H2,1-6H3,(H,24,28). The van der Waals surface area contributed by atoms with E-state index in [1.165, 1.54) is 0 Å². The number of carbonyl (C=O) groups excluding carboxylic acids is 2. The Morgan fingerprint density at radius 3 is 2.28 bits per heavy atom. The third kappa shape index (κ3) is 4.79. The summed E-state index contributed by atoms with van der Waals surface area (Å²) in [4.78, 5) is 38.7. The average Bonchev–Trinajstić information content (AvgIpc) is 3.19. The highest BCUT2D eigenvalue weighted by Crippen LogP contribution is 2.35. The number of rotatable bonds is 3. The van der Waals surface area contributed by atoms with Gasteiger partial charge in [0.25, 0.3) is 0 Å². The molecule has 2 saturated heterocycles. The molecule has 3 unspecified atom stereocenters. The molecule has 1 aromatic heterocycles. The van der Waals surface area contributed by atoms with Gasteiger partial charge in [-0.3, -0.25) is 4.79 Å². The third-order valence-corrected chi connectivity index (χ3v) is 5.44. The number of nitrogens with zero attached hydrogens (tertiary/aromatic N) is 4. The molecule has 1 aromatic rings. The van der Waals surface area contributed by atoms with Crippen LogP contribution in [0.15, 0.2) is 18.5 Å². The summed E-state index contributed by atoms with van der Waals surface area (Å²) in [5.74, 6) is 0.667. The molecule has 3 rings (SSSR count). The van der Waals surface area contributed by atoms with Crippen molar-refractivity contribution < 1.29 is 14.3 Å². The molecule has 160 valence electrons. The zero-order chi connectivity index (χ0) is 21.4. The van der Waals surface area contributed by atoms with Gasteiger partial charge in [0.1, 0.15) is 11.6 Å². The summed E-state index contributed by atoms with van der Waals surface area (Å²) in [5.41, 5.74) is -1.05. The van der Waals surface area contributed by atoms with Gasteiger partial charge in [-0.15, -0.1) is 0 Å². The highest BCUT2D eigenvalue weighted by Gasteiger charge is 2.48. The van der Waals surface area contributed by atoms with Gasteiger partial charge in [0.15, 0.2) is 0 Å². The van der Waals surface area contributed by atoms with Gasteiger partial charge in [0, 0.05) is 25.5 Å². The van der Waals surface area contributed by atoms with Crippen molar-refractivity contribution in [2.24, 2.45) is 5.41 Å². The first-order valence-electron chi connectivity index (χ1n) is 10.3. The number of ether oxygens (including phenoxy) is 1. The molecule has 2 aliphatic rings.